The fourth-order valence-corrected chi connectivity index (χ4v) is 1.07. The largest absolute Gasteiger partial charge is 0.384 e. The number of nitrogens with zero attached hydrogens (tertiary/aromatic N) is 2. The topological polar surface area (TPSA) is 64.1 Å². The van der Waals surface area contributed by atoms with Crippen molar-refractivity contribution in [1.82, 2.24) is 9.97 Å². The number of nitrogens with one attached hydrogen (secondary N) is 1. The minimum atomic E-state index is -0.209. The molecule has 1 N–H and O–H groups in total. The molecule has 0 aliphatic rings. The molecule has 0 aliphatic carbocycles. The van der Waals surface area contributed by atoms with Crippen molar-refractivity contribution in [1.29, 1.82) is 0 Å². The molecular formula is C10H15N3O2. The van der Waals surface area contributed by atoms with E-state index in [9.17, 15) is 4.79 Å². The Hall–Kier alpha value is -1.49. The maximum absolute atomic E-state index is 11.5. The molecule has 1 aromatic heterocycles. The lowest BCUT2D eigenvalue weighted by Crippen LogP contribution is -2.24. The van der Waals surface area contributed by atoms with E-state index in [2.05, 4.69) is 15.3 Å². The van der Waals surface area contributed by atoms with Gasteiger partial charge in [0, 0.05) is 19.0 Å². The zero-order valence-electron chi connectivity index (χ0n) is 9.15. The number of amides is 1. The summed E-state index contributed by atoms with van der Waals surface area (Å²) in [5, 5.41) is 2.63. The number of rotatable bonds is 4. The Morgan fingerprint density at radius 3 is 3.00 bits per heavy atom. The van der Waals surface area contributed by atoms with Crippen LogP contribution in [0.4, 0.5) is 5.95 Å². The van der Waals surface area contributed by atoms with Gasteiger partial charge in [-0.05, 0) is 13.0 Å². The summed E-state index contributed by atoms with van der Waals surface area (Å²) < 4.78 is 4.88. The van der Waals surface area contributed by atoms with Crippen LogP contribution in [0.2, 0.25) is 0 Å². The Morgan fingerprint density at radius 2 is 2.40 bits per heavy atom. The van der Waals surface area contributed by atoms with Crippen molar-refractivity contribution < 1.29 is 9.53 Å². The molecule has 0 saturated carbocycles. The molecular weight excluding hydrogens is 194 g/mol. The van der Waals surface area contributed by atoms with Crippen molar-refractivity contribution in [2.75, 3.05) is 19.0 Å². The van der Waals surface area contributed by atoms with Gasteiger partial charge < -0.3 is 4.74 Å². The summed E-state index contributed by atoms with van der Waals surface area (Å²) in [5.41, 5.74) is 0.819. The van der Waals surface area contributed by atoms with Crippen LogP contribution in [0, 0.1) is 12.8 Å². The van der Waals surface area contributed by atoms with E-state index in [1.807, 2.05) is 6.92 Å². The molecule has 15 heavy (non-hydrogen) atoms. The van der Waals surface area contributed by atoms with Crippen LogP contribution in [0.15, 0.2) is 12.3 Å². The van der Waals surface area contributed by atoms with Crippen molar-refractivity contribution in [2.24, 2.45) is 5.92 Å². The summed E-state index contributed by atoms with van der Waals surface area (Å²) in [4.78, 5) is 19.6. The normalized spacial score (nSPS) is 12.2. The minimum absolute atomic E-state index is 0.137. The van der Waals surface area contributed by atoms with Crippen LogP contribution in [-0.4, -0.2) is 29.6 Å². The van der Waals surface area contributed by atoms with Crippen LogP contribution in [0.3, 0.4) is 0 Å². The summed E-state index contributed by atoms with van der Waals surface area (Å²) in [7, 11) is 1.56. The lowest BCUT2D eigenvalue weighted by Gasteiger charge is -2.09. The van der Waals surface area contributed by atoms with Gasteiger partial charge in [0.2, 0.25) is 11.9 Å². The second-order valence-corrected chi connectivity index (χ2v) is 3.37. The van der Waals surface area contributed by atoms with Gasteiger partial charge >= 0.3 is 0 Å². The summed E-state index contributed by atoms with van der Waals surface area (Å²) in [6, 6.07) is 1.77. The van der Waals surface area contributed by atoms with E-state index in [-0.39, 0.29) is 11.8 Å². The van der Waals surface area contributed by atoms with Gasteiger partial charge in [0.25, 0.3) is 0 Å². The quantitative estimate of drug-likeness (QED) is 0.803. The van der Waals surface area contributed by atoms with E-state index in [4.69, 9.17) is 4.74 Å². The smallest absolute Gasteiger partial charge is 0.231 e. The zero-order valence-corrected chi connectivity index (χ0v) is 9.15. The SMILES string of the molecule is COC[C@@H](C)C(=O)Nc1nccc(C)n1. The lowest BCUT2D eigenvalue weighted by molar-refractivity contribution is -0.120. The summed E-state index contributed by atoms with van der Waals surface area (Å²) in [6.07, 6.45) is 1.61. The number of carbonyl (C=O) groups excluding carboxylic acids is 1. The third-order valence-corrected chi connectivity index (χ3v) is 1.89. The number of hydrogen-bond donors (Lipinski definition) is 1. The molecule has 0 aromatic carbocycles. The molecule has 5 heteroatoms. The summed E-state index contributed by atoms with van der Waals surface area (Å²) in [6.45, 7) is 4.02. The Morgan fingerprint density at radius 1 is 1.67 bits per heavy atom. The van der Waals surface area contributed by atoms with Crippen molar-refractivity contribution >= 4 is 11.9 Å². The van der Waals surface area contributed by atoms with E-state index >= 15 is 0 Å². The van der Waals surface area contributed by atoms with Crippen LogP contribution >= 0.6 is 0 Å². The lowest BCUT2D eigenvalue weighted by atomic mass is 10.2. The molecule has 1 atom stereocenters. The van der Waals surface area contributed by atoms with Gasteiger partial charge in [0.1, 0.15) is 0 Å². The molecule has 0 radical (unpaired) electrons. The molecule has 0 bridgehead atoms. The Bertz CT molecular complexity index is 341. The maximum atomic E-state index is 11.5. The second kappa shape index (κ2) is 5.41. The van der Waals surface area contributed by atoms with Crippen LogP contribution in [0.5, 0.6) is 0 Å². The number of carbonyl (C=O) groups is 1. The number of hydrogen-bond acceptors (Lipinski definition) is 4. The molecule has 0 spiro atoms. The predicted octanol–water partition coefficient (Wildman–Crippen LogP) is 1.01. The van der Waals surface area contributed by atoms with E-state index in [0.717, 1.165) is 5.69 Å². The van der Waals surface area contributed by atoms with E-state index in [1.165, 1.54) is 0 Å². The van der Waals surface area contributed by atoms with Gasteiger partial charge in [-0.1, -0.05) is 6.92 Å². The molecule has 0 fully saturated rings. The molecule has 5 nitrogen and oxygen atoms in total. The first-order valence-electron chi connectivity index (χ1n) is 4.73. The fourth-order valence-electron chi connectivity index (χ4n) is 1.07. The molecule has 1 rings (SSSR count). The highest BCUT2D eigenvalue weighted by molar-refractivity contribution is 5.90. The number of ether oxygens (including phenoxy) is 1. The zero-order chi connectivity index (χ0) is 11.3. The van der Waals surface area contributed by atoms with E-state index in [1.54, 1.807) is 26.3 Å². The first-order valence-corrected chi connectivity index (χ1v) is 4.73. The molecule has 1 heterocycles. The number of anilines is 1. The molecule has 82 valence electrons. The first-order chi connectivity index (χ1) is 7.13. The van der Waals surface area contributed by atoms with Crippen molar-refractivity contribution in [2.45, 2.75) is 13.8 Å². The average molecular weight is 209 g/mol. The Labute approximate surface area is 88.9 Å². The van der Waals surface area contributed by atoms with Gasteiger partial charge in [0.05, 0.1) is 12.5 Å². The third kappa shape index (κ3) is 3.63. The molecule has 0 unspecified atom stereocenters. The summed E-state index contributed by atoms with van der Waals surface area (Å²) in [5.74, 6) is -0.00971. The average Bonchev–Trinajstić information content (AvgIpc) is 2.18. The predicted molar refractivity (Wildman–Crippen MR) is 56.4 cm³/mol. The van der Waals surface area contributed by atoms with Gasteiger partial charge in [-0.3, -0.25) is 10.1 Å². The highest BCUT2D eigenvalue weighted by atomic mass is 16.5. The van der Waals surface area contributed by atoms with Crippen LogP contribution in [0.1, 0.15) is 12.6 Å². The maximum Gasteiger partial charge on any atom is 0.231 e. The van der Waals surface area contributed by atoms with Gasteiger partial charge in [-0.15, -0.1) is 0 Å². The minimum Gasteiger partial charge on any atom is -0.384 e. The van der Waals surface area contributed by atoms with Crippen LogP contribution in [0.25, 0.3) is 0 Å². The van der Waals surface area contributed by atoms with Crippen LogP contribution in [-0.2, 0) is 9.53 Å². The standard InChI is InChI=1S/C10H15N3O2/c1-7(6-15-3)9(14)13-10-11-5-4-8(2)12-10/h4-5,7H,6H2,1-3H3,(H,11,12,13,14)/t7-/m1/s1. The molecule has 1 aromatic rings. The van der Waals surface area contributed by atoms with Crippen molar-refractivity contribution in [3.05, 3.63) is 18.0 Å². The van der Waals surface area contributed by atoms with E-state index < -0.39 is 0 Å². The fraction of sp³-hybridized carbons (Fsp3) is 0.500. The monoisotopic (exact) mass is 209 g/mol. The first kappa shape index (κ1) is 11.6. The van der Waals surface area contributed by atoms with Crippen LogP contribution < -0.4 is 5.32 Å². The second-order valence-electron chi connectivity index (χ2n) is 3.37. The molecule has 0 aliphatic heterocycles. The Balaban J connectivity index is 2.58. The number of aromatic nitrogens is 2. The summed E-state index contributed by atoms with van der Waals surface area (Å²) >= 11 is 0. The van der Waals surface area contributed by atoms with Gasteiger partial charge in [-0.2, -0.15) is 0 Å². The van der Waals surface area contributed by atoms with Crippen molar-refractivity contribution in [3.8, 4) is 0 Å². The number of methoxy groups -OCH3 is 1. The van der Waals surface area contributed by atoms with Gasteiger partial charge in [0.15, 0.2) is 0 Å². The van der Waals surface area contributed by atoms with E-state index in [0.29, 0.717) is 12.6 Å². The Kier molecular flexibility index (Phi) is 4.17. The third-order valence-electron chi connectivity index (χ3n) is 1.89. The molecule has 1 amide bonds. The van der Waals surface area contributed by atoms with Gasteiger partial charge in [-0.25, -0.2) is 9.97 Å². The highest BCUT2D eigenvalue weighted by Gasteiger charge is 2.13. The van der Waals surface area contributed by atoms with Crippen molar-refractivity contribution in [3.63, 3.8) is 0 Å². The molecule has 0 saturated heterocycles. The highest BCUT2D eigenvalue weighted by Crippen LogP contribution is 2.03. The number of aryl methyl sites for hydroxylation is 1.